The zero-order valence-corrected chi connectivity index (χ0v) is 12.6. The molecule has 2 heteroatoms. The van der Waals surface area contributed by atoms with Gasteiger partial charge in [-0.25, -0.2) is 0 Å². The third-order valence-electron chi connectivity index (χ3n) is 3.58. The van der Waals surface area contributed by atoms with E-state index in [-0.39, 0.29) is 0 Å². The second-order valence-electron chi connectivity index (χ2n) is 5.19. The highest BCUT2D eigenvalue weighted by Gasteiger charge is 2.14. The summed E-state index contributed by atoms with van der Waals surface area (Å²) in [7, 11) is 0. The molecule has 0 saturated carbocycles. The third kappa shape index (κ3) is 4.24. The van der Waals surface area contributed by atoms with E-state index in [0.717, 1.165) is 43.7 Å². The van der Waals surface area contributed by atoms with Crippen LogP contribution in [0.3, 0.4) is 0 Å². The first-order valence-corrected chi connectivity index (χ1v) is 7.69. The highest BCUT2D eigenvalue weighted by molar-refractivity contribution is 5.16. The molecule has 1 heterocycles. The predicted octanol–water partition coefficient (Wildman–Crippen LogP) is 4.52. The Hall–Kier alpha value is -1.54. The lowest BCUT2D eigenvalue weighted by molar-refractivity contribution is 0.380. The van der Waals surface area contributed by atoms with Crippen LogP contribution in [-0.4, -0.2) is 6.54 Å². The Morgan fingerprint density at radius 2 is 1.85 bits per heavy atom. The van der Waals surface area contributed by atoms with Crippen LogP contribution in [0.5, 0.6) is 0 Å². The second kappa shape index (κ2) is 7.91. The zero-order chi connectivity index (χ0) is 14.2. The number of aryl methyl sites for hydroxylation is 2. The minimum Gasteiger partial charge on any atom is -0.464 e. The second-order valence-corrected chi connectivity index (χ2v) is 5.19. The van der Waals surface area contributed by atoms with Crippen molar-refractivity contribution in [3.8, 4) is 0 Å². The van der Waals surface area contributed by atoms with Gasteiger partial charge in [-0.1, -0.05) is 44.2 Å². The third-order valence-corrected chi connectivity index (χ3v) is 3.58. The molecule has 0 fully saturated rings. The molecule has 2 nitrogen and oxygen atoms in total. The molecule has 2 aromatic rings. The van der Waals surface area contributed by atoms with Gasteiger partial charge in [0, 0.05) is 6.42 Å². The molecule has 1 unspecified atom stereocenters. The van der Waals surface area contributed by atoms with Crippen molar-refractivity contribution < 1.29 is 4.42 Å². The molecule has 0 amide bonds. The maximum atomic E-state index is 5.92. The Bertz CT molecular complexity index is 489. The van der Waals surface area contributed by atoms with Crippen LogP contribution in [0.4, 0.5) is 0 Å². The van der Waals surface area contributed by atoms with E-state index in [1.165, 1.54) is 5.56 Å². The normalized spacial score (nSPS) is 12.5. The number of rotatable bonds is 8. The van der Waals surface area contributed by atoms with Gasteiger partial charge in [-0.2, -0.15) is 0 Å². The van der Waals surface area contributed by atoms with E-state index < -0.39 is 0 Å². The van der Waals surface area contributed by atoms with Crippen molar-refractivity contribution in [2.75, 3.05) is 6.54 Å². The van der Waals surface area contributed by atoms with Crippen LogP contribution in [0.15, 0.2) is 46.9 Å². The molecule has 0 aliphatic carbocycles. The van der Waals surface area contributed by atoms with Crippen LogP contribution in [-0.2, 0) is 12.8 Å². The fourth-order valence-electron chi connectivity index (χ4n) is 2.39. The largest absolute Gasteiger partial charge is 0.464 e. The number of nitrogens with one attached hydrogen (secondary N) is 1. The van der Waals surface area contributed by atoms with E-state index in [1.54, 1.807) is 0 Å². The smallest absolute Gasteiger partial charge is 0.121 e. The highest BCUT2D eigenvalue weighted by atomic mass is 16.3. The summed E-state index contributed by atoms with van der Waals surface area (Å²) in [5.74, 6) is 2.15. The van der Waals surface area contributed by atoms with Crippen LogP contribution in [0.2, 0.25) is 0 Å². The molecule has 1 N–H and O–H groups in total. The van der Waals surface area contributed by atoms with Gasteiger partial charge >= 0.3 is 0 Å². The maximum absolute atomic E-state index is 5.92. The van der Waals surface area contributed by atoms with Gasteiger partial charge in [-0.05, 0) is 43.5 Å². The standard InChI is InChI=1S/C18H25NO/c1-3-14-19-17(18-13-11-16(4-2)20-18)12-10-15-8-6-5-7-9-15/h5-9,11,13,17,19H,3-4,10,12,14H2,1-2H3. The molecular weight excluding hydrogens is 246 g/mol. The topological polar surface area (TPSA) is 25.2 Å². The molecule has 0 spiro atoms. The molecule has 2 rings (SSSR count). The Morgan fingerprint density at radius 3 is 2.50 bits per heavy atom. The van der Waals surface area contributed by atoms with Crippen molar-refractivity contribution in [3.05, 3.63) is 59.5 Å². The number of hydrogen-bond acceptors (Lipinski definition) is 2. The molecule has 0 bridgehead atoms. The van der Waals surface area contributed by atoms with Crippen molar-refractivity contribution >= 4 is 0 Å². The van der Waals surface area contributed by atoms with Crippen LogP contribution >= 0.6 is 0 Å². The lowest BCUT2D eigenvalue weighted by Gasteiger charge is -2.16. The van der Waals surface area contributed by atoms with E-state index in [4.69, 9.17) is 4.42 Å². The molecule has 20 heavy (non-hydrogen) atoms. The minimum atomic E-state index is 0.315. The summed E-state index contributed by atoms with van der Waals surface area (Å²) < 4.78 is 5.92. The molecule has 1 aromatic carbocycles. The van der Waals surface area contributed by atoms with Gasteiger partial charge < -0.3 is 9.73 Å². The van der Waals surface area contributed by atoms with Crippen molar-refractivity contribution in [2.45, 2.75) is 45.6 Å². The van der Waals surface area contributed by atoms with E-state index in [9.17, 15) is 0 Å². The van der Waals surface area contributed by atoms with Crippen molar-refractivity contribution in [1.29, 1.82) is 0 Å². The summed E-state index contributed by atoms with van der Waals surface area (Å²) in [6.07, 6.45) is 4.24. The Labute approximate surface area is 122 Å². The minimum absolute atomic E-state index is 0.315. The number of benzene rings is 1. The first-order valence-electron chi connectivity index (χ1n) is 7.69. The van der Waals surface area contributed by atoms with Gasteiger partial charge in [-0.3, -0.25) is 0 Å². The first-order chi connectivity index (χ1) is 9.83. The maximum Gasteiger partial charge on any atom is 0.121 e. The monoisotopic (exact) mass is 271 g/mol. The zero-order valence-electron chi connectivity index (χ0n) is 12.6. The molecule has 0 aliphatic rings. The number of furan rings is 1. The van der Waals surface area contributed by atoms with E-state index >= 15 is 0 Å². The van der Waals surface area contributed by atoms with Gasteiger partial charge in [-0.15, -0.1) is 0 Å². The average molecular weight is 271 g/mol. The Morgan fingerprint density at radius 1 is 1.05 bits per heavy atom. The Kier molecular flexibility index (Phi) is 5.87. The lowest BCUT2D eigenvalue weighted by atomic mass is 10.0. The van der Waals surface area contributed by atoms with Crippen LogP contribution in [0, 0.1) is 0 Å². The van der Waals surface area contributed by atoms with Crippen LogP contribution in [0.25, 0.3) is 0 Å². The highest BCUT2D eigenvalue weighted by Crippen LogP contribution is 2.22. The molecule has 1 atom stereocenters. The summed E-state index contributed by atoms with van der Waals surface area (Å²) in [4.78, 5) is 0. The lowest BCUT2D eigenvalue weighted by Crippen LogP contribution is -2.22. The van der Waals surface area contributed by atoms with Crippen molar-refractivity contribution in [1.82, 2.24) is 5.32 Å². The molecule has 108 valence electrons. The fraction of sp³-hybridized carbons (Fsp3) is 0.444. The molecule has 0 radical (unpaired) electrons. The molecule has 1 aromatic heterocycles. The summed E-state index contributed by atoms with van der Waals surface area (Å²) in [6, 6.07) is 15.2. The first kappa shape index (κ1) is 14.9. The summed E-state index contributed by atoms with van der Waals surface area (Å²) in [5, 5.41) is 3.60. The van der Waals surface area contributed by atoms with Crippen molar-refractivity contribution in [3.63, 3.8) is 0 Å². The fourth-order valence-corrected chi connectivity index (χ4v) is 2.39. The van der Waals surface area contributed by atoms with Crippen molar-refractivity contribution in [2.24, 2.45) is 0 Å². The predicted molar refractivity (Wildman–Crippen MR) is 83.9 cm³/mol. The summed E-state index contributed by atoms with van der Waals surface area (Å²) >= 11 is 0. The molecule has 0 aliphatic heterocycles. The SMILES string of the molecule is CCCNC(CCc1ccccc1)c1ccc(CC)o1. The van der Waals surface area contributed by atoms with Gasteiger partial charge in [0.05, 0.1) is 6.04 Å². The average Bonchev–Trinajstić information content (AvgIpc) is 2.97. The Balaban J connectivity index is 1.99. The van der Waals surface area contributed by atoms with Crippen LogP contribution in [0.1, 0.15) is 49.8 Å². The van der Waals surface area contributed by atoms with Gasteiger partial charge in [0.25, 0.3) is 0 Å². The quantitative estimate of drug-likeness (QED) is 0.764. The van der Waals surface area contributed by atoms with Gasteiger partial charge in [0.15, 0.2) is 0 Å². The van der Waals surface area contributed by atoms with Crippen LogP contribution < -0.4 is 5.32 Å². The summed E-state index contributed by atoms with van der Waals surface area (Å²) in [6.45, 7) is 5.35. The summed E-state index contributed by atoms with van der Waals surface area (Å²) in [5.41, 5.74) is 1.39. The molecule has 0 saturated heterocycles. The van der Waals surface area contributed by atoms with Gasteiger partial charge in [0.1, 0.15) is 11.5 Å². The molecular formula is C18H25NO. The number of hydrogen-bond donors (Lipinski definition) is 1. The van der Waals surface area contributed by atoms with Gasteiger partial charge in [0.2, 0.25) is 0 Å². The van der Waals surface area contributed by atoms with E-state index in [1.807, 2.05) is 0 Å². The van der Waals surface area contributed by atoms with E-state index in [0.29, 0.717) is 6.04 Å². The van der Waals surface area contributed by atoms with E-state index in [2.05, 4.69) is 61.6 Å².